The van der Waals surface area contributed by atoms with E-state index < -0.39 is 0 Å². The van der Waals surface area contributed by atoms with Gasteiger partial charge in [0, 0.05) is 29.5 Å². The smallest absolute Gasteiger partial charge is 0.261 e. The summed E-state index contributed by atoms with van der Waals surface area (Å²) in [6.07, 6.45) is 3.41. The van der Waals surface area contributed by atoms with Gasteiger partial charge < -0.3 is 11.1 Å². The molecule has 2 aromatic heterocycles. The number of nitrogens with one attached hydrogen (secondary N) is 1. The Kier molecular flexibility index (Phi) is 3.39. The number of thiophene rings is 1. The molecule has 88 valence electrons. The first-order chi connectivity index (χ1) is 8.16. The number of aromatic nitrogens is 1. The summed E-state index contributed by atoms with van der Waals surface area (Å²) in [5.41, 5.74) is 7.40. The van der Waals surface area contributed by atoms with Crippen LogP contribution in [0.1, 0.15) is 20.1 Å². The number of aryl methyl sites for hydroxylation is 1. The standard InChI is InChI=1S/C12H13N3OS/c1-8-10(13)6-11(17-8)12(16)15-7-9-2-4-14-5-3-9/h2-6H,7,13H2,1H3,(H,15,16). The summed E-state index contributed by atoms with van der Waals surface area (Å²) in [6.45, 7) is 2.40. The second-order valence-corrected chi connectivity index (χ2v) is 4.92. The molecule has 2 heterocycles. The normalized spacial score (nSPS) is 10.2. The number of hydrogen-bond acceptors (Lipinski definition) is 4. The fourth-order valence-electron chi connectivity index (χ4n) is 1.38. The van der Waals surface area contributed by atoms with Crippen LogP contribution in [-0.2, 0) is 6.54 Å². The van der Waals surface area contributed by atoms with Gasteiger partial charge in [0.05, 0.1) is 4.88 Å². The fraction of sp³-hybridized carbons (Fsp3) is 0.167. The average molecular weight is 247 g/mol. The summed E-state index contributed by atoms with van der Waals surface area (Å²) in [7, 11) is 0. The van der Waals surface area contributed by atoms with Crippen LogP contribution in [0.25, 0.3) is 0 Å². The third-order valence-electron chi connectivity index (χ3n) is 2.38. The van der Waals surface area contributed by atoms with Gasteiger partial charge in [0.1, 0.15) is 0 Å². The number of amides is 1. The number of pyridine rings is 1. The molecule has 0 aromatic carbocycles. The van der Waals surface area contributed by atoms with Gasteiger partial charge in [-0.25, -0.2) is 0 Å². The van der Waals surface area contributed by atoms with E-state index in [2.05, 4.69) is 10.3 Å². The maximum absolute atomic E-state index is 11.8. The lowest BCUT2D eigenvalue weighted by Gasteiger charge is -2.02. The molecular weight excluding hydrogens is 234 g/mol. The van der Waals surface area contributed by atoms with E-state index >= 15 is 0 Å². The van der Waals surface area contributed by atoms with Crippen LogP contribution in [0, 0.1) is 6.92 Å². The van der Waals surface area contributed by atoms with Crippen molar-refractivity contribution in [3.8, 4) is 0 Å². The monoisotopic (exact) mass is 247 g/mol. The van der Waals surface area contributed by atoms with Gasteiger partial charge in [-0.15, -0.1) is 11.3 Å². The Balaban J connectivity index is 1.98. The first kappa shape index (κ1) is 11.6. The molecule has 3 N–H and O–H groups in total. The molecule has 0 spiro atoms. The molecule has 2 aromatic rings. The number of rotatable bonds is 3. The van der Waals surface area contributed by atoms with Gasteiger partial charge in [0.2, 0.25) is 0 Å². The van der Waals surface area contributed by atoms with Crippen LogP contribution in [0.2, 0.25) is 0 Å². The highest BCUT2D eigenvalue weighted by molar-refractivity contribution is 7.14. The first-order valence-corrected chi connectivity index (χ1v) is 6.01. The van der Waals surface area contributed by atoms with Crippen LogP contribution in [0.15, 0.2) is 30.6 Å². The molecule has 0 bridgehead atoms. The van der Waals surface area contributed by atoms with Gasteiger partial charge in [0.15, 0.2) is 0 Å². The van der Waals surface area contributed by atoms with E-state index in [1.54, 1.807) is 18.5 Å². The molecular formula is C12H13N3OS. The average Bonchev–Trinajstić information content (AvgIpc) is 2.68. The minimum Gasteiger partial charge on any atom is -0.398 e. The number of carbonyl (C=O) groups is 1. The van der Waals surface area contributed by atoms with Crippen LogP contribution in [0.5, 0.6) is 0 Å². The molecule has 5 heteroatoms. The highest BCUT2D eigenvalue weighted by Gasteiger charge is 2.10. The van der Waals surface area contributed by atoms with Gasteiger partial charge in [0.25, 0.3) is 5.91 Å². The van der Waals surface area contributed by atoms with Crippen molar-refractivity contribution in [1.82, 2.24) is 10.3 Å². The third-order valence-corrected chi connectivity index (χ3v) is 3.45. The summed E-state index contributed by atoms with van der Waals surface area (Å²) in [5.74, 6) is -0.0911. The van der Waals surface area contributed by atoms with E-state index in [4.69, 9.17) is 5.73 Å². The van der Waals surface area contributed by atoms with Crippen LogP contribution >= 0.6 is 11.3 Å². The molecule has 2 rings (SSSR count). The van der Waals surface area contributed by atoms with Crippen LogP contribution in [0.4, 0.5) is 5.69 Å². The Hall–Kier alpha value is -1.88. The minimum atomic E-state index is -0.0911. The van der Waals surface area contributed by atoms with Crippen molar-refractivity contribution in [3.05, 3.63) is 45.9 Å². The molecule has 0 atom stereocenters. The minimum absolute atomic E-state index is 0.0911. The number of hydrogen-bond donors (Lipinski definition) is 2. The van der Waals surface area contributed by atoms with Crippen molar-refractivity contribution >= 4 is 22.9 Å². The van der Waals surface area contributed by atoms with Crippen LogP contribution in [-0.4, -0.2) is 10.9 Å². The highest BCUT2D eigenvalue weighted by Crippen LogP contribution is 2.23. The van der Waals surface area contributed by atoms with Gasteiger partial charge in [-0.2, -0.15) is 0 Å². The summed E-state index contributed by atoms with van der Waals surface area (Å²) in [4.78, 5) is 17.3. The fourth-order valence-corrected chi connectivity index (χ4v) is 2.24. The molecule has 4 nitrogen and oxygen atoms in total. The first-order valence-electron chi connectivity index (χ1n) is 5.20. The van der Waals surface area contributed by atoms with Crippen LogP contribution in [0.3, 0.4) is 0 Å². The van der Waals surface area contributed by atoms with E-state index in [1.807, 2.05) is 19.1 Å². The SMILES string of the molecule is Cc1sc(C(=O)NCc2ccncc2)cc1N. The predicted octanol–water partition coefficient (Wildman–Crippen LogP) is 1.96. The van der Waals surface area contributed by atoms with Gasteiger partial charge in [-0.1, -0.05) is 0 Å². The van der Waals surface area contributed by atoms with Crippen molar-refractivity contribution < 1.29 is 4.79 Å². The second-order valence-electron chi connectivity index (χ2n) is 3.66. The largest absolute Gasteiger partial charge is 0.398 e. The zero-order valence-electron chi connectivity index (χ0n) is 9.43. The molecule has 0 aliphatic heterocycles. The molecule has 0 aliphatic carbocycles. The number of nitrogens with zero attached hydrogens (tertiary/aromatic N) is 1. The molecule has 17 heavy (non-hydrogen) atoms. The number of nitrogen functional groups attached to an aromatic ring is 1. The quantitative estimate of drug-likeness (QED) is 0.871. The molecule has 0 radical (unpaired) electrons. The molecule has 0 saturated heterocycles. The Labute approximate surface area is 103 Å². The van der Waals surface area contributed by atoms with E-state index in [0.29, 0.717) is 17.1 Å². The Morgan fingerprint density at radius 1 is 1.47 bits per heavy atom. The van der Waals surface area contributed by atoms with Crippen molar-refractivity contribution in [2.45, 2.75) is 13.5 Å². The maximum Gasteiger partial charge on any atom is 0.261 e. The summed E-state index contributed by atoms with van der Waals surface area (Å²) in [5, 5.41) is 2.84. The van der Waals surface area contributed by atoms with Crippen molar-refractivity contribution in [3.63, 3.8) is 0 Å². The van der Waals surface area contributed by atoms with E-state index in [-0.39, 0.29) is 5.91 Å². The van der Waals surface area contributed by atoms with E-state index in [9.17, 15) is 4.79 Å². The Morgan fingerprint density at radius 3 is 2.76 bits per heavy atom. The lowest BCUT2D eigenvalue weighted by atomic mass is 10.2. The Morgan fingerprint density at radius 2 is 2.18 bits per heavy atom. The summed E-state index contributed by atoms with van der Waals surface area (Å²) in [6, 6.07) is 5.45. The van der Waals surface area contributed by atoms with Crippen LogP contribution < -0.4 is 11.1 Å². The van der Waals surface area contributed by atoms with E-state index in [1.165, 1.54) is 11.3 Å². The van der Waals surface area contributed by atoms with E-state index in [0.717, 1.165) is 10.4 Å². The second kappa shape index (κ2) is 4.97. The van der Waals surface area contributed by atoms with Gasteiger partial charge in [-0.05, 0) is 30.7 Å². The summed E-state index contributed by atoms with van der Waals surface area (Å²) >= 11 is 1.41. The van der Waals surface area contributed by atoms with Crippen molar-refractivity contribution in [1.29, 1.82) is 0 Å². The third kappa shape index (κ3) is 2.82. The predicted molar refractivity (Wildman–Crippen MR) is 68.9 cm³/mol. The maximum atomic E-state index is 11.8. The lowest BCUT2D eigenvalue weighted by Crippen LogP contribution is -2.21. The number of nitrogens with two attached hydrogens (primary N) is 1. The molecule has 0 aliphatic rings. The zero-order valence-corrected chi connectivity index (χ0v) is 10.3. The molecule has 0 saturated carbocycles. The number of anilines is 1. The highest BCUT2D eigenvalue weighted by atomic mass is 32.1. The van der Waals surface area contributed by atoms with Gasteiger partial charge >= 0.3 is 0 Å². The topological polar surface area (TPSA) is 68.0 Å². The summed E-state index contributed by atoms with van der Waals surface area (Å²) < 4.78 is 0. The van der Waals surface area contributed by atoms with Crippen molar-refractivity contribution in [2.75, 3.05) is 5.73 Å². The number of carbonyl (C=O) groups excluding carboxylic acids is 1. The lowest BCUT2D eigenvalue weighted by molar-refractivity contribution is 0.0955. The molecule has 0 fully saturated rings. The zero-order chi connectivity index (χ0) is 12.3. The molecule has 0 unspecified atom stereocenters. The van der Waals surface area contributed by atoms with Crippen molar-refractivity contribution in [2.24, 2.45) is 0 Å². The Bertz CT molecular complexity index is 502. The van der Waals surface area contributed by atoms with Gasteiger partial charge in [-0.3, -0.25) is 9.78 Å². The molecule has 1 amide bonds.